The van der Waals surface area contributed by atoms with Gasteiger partial charge < -0.3 is 0 Å². The summed E-state index contributed by atoms with van der Waals surface area (Å²) >= 11 is 1.82. The van der Waals surface area contributed by atoms with Crippen LogP contribution in [0.5, 0.6) is 0 Å². The van der Waals surface area contributed by atoms with Crippen LogP contribution >= 0.6 is 11.3 Å². The van der Waals surface area contributed by atoms with Crippen LogP contribution in [0.3, 0.4) is 0 Å². The molecule has 0 unspecified atom stereocenters. The molecule has 2 rings (SSSR count). The Morgan fingerprint density at radius 3 is 2.25 bits per heavy atom. The zero-order valence-electron chi connectivity index (χ0n) is 10.2. The minimum atomic E-state index is 0.731. The van der Waals surface area contributed by atoms with E-state index in [-0.39, 0.29) is 0 Å². The summed E-state index contributed by atoms with van der Waals surface area (Å²) in [5.74, 6) is 0.731. The molecule has 0 saturated heterocycles. The maximum atomic E-state index is 2.26. The third-order valence-electron chi connectivity index (χ3n) is 2.72. The molecule has 1 heteroatoms. The quantitative estimate of drug-likeness (QED) is 0.702. The molecule has 0 atom stereocenters. The number of aryl methyl sites for hydroxylation is 1. The SMILES string of the molecule is Cc1ccsc1-c1ccc(CC(C)C)cc1. The smallest absolute Gasteiger partial charge is 0.0371 e. The van der Waals surface area contributed by atoms with Crippen LogP contribution < -0.4 is 0 Å². The first-order valence-corrected chi connectivity index (χ1v) is 6.68. The maximum absolute atomic E-state index is 2.26. The normalized spacial score (nSPS) is 11.0. The molecule has 0 fully saturated rings. The van der Waals surface area contributed by atoms with Crippen LogP contribution in [0.2, 0.25) is 0 Å². The maximum Gasteiger partial charge on any atom is 0.0371 e. The van der Waals surface area contributed by atoms with E-state index in [0.717, 1.165) is 5.92 Å². The Hall–Kier alpha value is -1.08. The molecule has 0 amide bonds. The van der Waals surface area contributed by atoms with E-state index >= 15 is 0 Å². The third kappa shape index (κ3) is 2.53. The summed E-state index contributed by atoms with van der Waals surface area (Å²) in [5.41, 5.74) is 4.16. The van der Waals surface area contributed by atoms with Gasteiger partial charge in [0.2, 0.25) is 0 Å². The van der Waals surface area contributed by atoms with Crippen LogP contribution in [0.25, 0.3) is 10.4 Å². The highest BCUT2D eigenvalue weighted by Crippen LogP contribution is 2.29. The Morgan fingerprint density at radius 2 is 1.75 bits per heavy atom. The molecule has 0 aliphatic rings. The Morgan fingerprint density at radius 1 is 1.06 bits per heavy atom. The van der Waals surface area contributed by atoms with E-state index in [4.69, 9.17) is 0 Å². The van der Waals surface area contributed by atoms with Crippen molar-refractivity contribution < 1.29 is 0 Å². The van der Waals surface area contributed by atoms with E-state index in [0.29, 0.717) is 0 Å². The predicted octanol–water partition coefficient (Wildman–Crippen LogP) is 4.92. The number of rotatable bonds is 3. The molecule has 1 heterocycles. The molecule has 1 aromatic heterocycles. The number of benzene rings is 1. The van der Waals surface area contributed by atoms with E-state index in [1.165, 1.54) is 28.0 Å². The van der Waals surface area contributed by atoms with Crippen LogP contribution in [0, 0.1) is 12.8 Å². The topological polar surface area (TPSA) is 0 Å². The monoisotopic (exact) mass is 230 g/mol. The molecule has 0 bridgehead atoms. The van der Waals surface area contributed by atoms with Crippen LogP contribution in [0.4, 0.5) is 0 Å². The molecule has 0 saturated carbocycles. The molecule has 1 aromatic carbocycles. The number of hydrogen-bond donors (Lipinski definition) is 0. The van der Waals surface area contributed by atoms with Gasteiger partial charge in [-0.2, -0.15) is 0 Å². The minimum absolute atomic E-state index is 0.731. The van der Waals surface area contributed by atoms with Gasteiger partial charge in [-0.1, -0.05) is 38.1 Å². The van der Waals surface area contributed by atoms with Gasteiger partial charge in [0.05, 0.1) is 0 Å². The minimum Gasteiger partial charge on any atom is -0.144 e. The molecule has 0 nitrogen and oxygen atoms in total. The molecule has 16 heavy (non-hydrogen) atoms. The molecule has 84 valence electrons. The third-order valence-corrected chi connectivity index (χ3v) is 3.79. The van der Waals surface area contributed by atoms with Gasteiger partial charge in [-0.3, -0.25) is 0 Å². The van der Waals surface area contributed by atoms with E-state index in [2.05, 4.69) is 56.5 Å². The summed E-state index contributed by atoms with van der Waals surface area (Å²) in [6.07, 6.45) is 1.17. The fourth-order valence-electron chi connectivity index (χ4n) is 1.93. The van der Waals surface area contributed by atoms with Crippen LogP contribution in [-0.2, 0) is 6.42 Å². The van der Waals surface area contributed by atoms with Gasteiger partial charge >= 0.3 is 0 Å². The molecule has 0 aliphatic heterocycles. The first-order valence-electron chi connectivity index (χ1n) is 5.80. The van der Waals surface area contributed by atoms with E-state index in [1.807, 2.05) is 11.3 Å². The van der Waals surface area contributed by atoms with Crippen molar-refractivity contribution in [1.82, 2.24) is 0 Å². The standard InChI is InChI=1S/C15H18S/c1-11(2)10-13-4-6-14(7-5-13)15-12(3)8-9-16-15/h4-9,11H,10H2,1-3H3. The summed E-state index contributed by atoms with van der Waals surface area (Å²) in [6, 6.07) is 11.2. The van der Waals surface area contributed by atoms with Crippen LogP contribution in [0.15, 0.2) is 35.7 Å². The van der Waals surface area contributed by atoms with Crippen molar-refractivity contribution >= 4 is 11.3 Å². The summed E-state index contributed by atoms with van der Waals surface area (Å²) in [5, 5.41) is 2.16. The van der Waals surface area contributed by atoms with Crippen molar-refractivity contribution in [1.29, 1.82) is 0 Å². The fraction of sp³-hybridized carbons (Fsp3) is 0.333. The first kappa shape index (κ1) is 11.4. The summed E-state index contributed by atoms with van der Waals surface area (Å²) < 4.78 is 0. The lowest BCUT2D eigenvalue weighted by Gasteiger charge is -2.06. The lowest BCUT2D eigenvalue weighted by atomic mass is 10.0. The second-order valence-corrected chi connectivity index (χ2v) is 5.64. The largest absolute Gasteiger partial charge is 0.144 e. The van der Waals surface area contributed by atoms with Gasteiger partial charge in [0.1, 0.15) is 0 Å². The lowest BCUT2D eigenvalue weighted by molar-refractivity contribution is 0.647. The van der Waals surface area contributed by atoms with E-state index < -0.39 is 0 Å². The van der Waals surface area contributed by atoms with Crippen molar-refractivity contribution in [3.8, 4) is 10.4 Å². The number of thiophene rings is 1. The highest BCUT2D eigenvalue weighted by Gasteiger charge is 2.03. The molecule has 0 aliphatic carbocycles. The average molecular weight is 230 g/mol. The fourth-order valence-corrected chi connectivity index (χ4v) is 2.87. The second kappa shape index (κ2) is 4.84. The van der Waals surface area contributed by atoms with Gasteiger partial charge in [0, 0.05) is 4.88 Å². The number of hydrogen-bond acceptors (Lipinski definition) is 1. The summed E-state index contributed by atoms with van der Waals surface area (Å²) in [4.78, 5) is 1.40. The molecular weight excluding hydrogens is 212 g/mol. The first-order chi connectivity index (χ1) is 7.66. The lowest BCUT2D eigenvalue weighted by Crippen LogP contribution is -1.93. The van der Waals surface area contributed by atoms with E-state index in [1.54, 1.807) is 0 Å². The predicted molar refractivity (Wildman–Crippen MR) is 73.0 cm³/mol. The van der Waals surface area contributed by atoms with Crippen molar-refractivity contribution in [2.24, 2.45) is 5.92 Å². The van der Waals surface area contributed by atoms with Gasteiger partial charge in [0.15, 0.2) is 0 Å². The van der Waals surface area contributed by atoms with Gasteiger partial charge in [-0.05, 0) is 47.4 Å². The van der Waals surface area contributed by atoms with Crippen molar-refractivity contribution in [3.63, 3.8) is 0 Å². The highest BCUT2D eigenvalue weighted by atomic mass is 32.1. The van der Waals surface area contributed by atoms with Crippen molar-refractivity contribution in [2.45, 2.75) is 27.2 Å². The van der Waals surface area contributed by atoms with Gasteiger partial charge in [-0.15, -0.1) is 11.3 Å². The Balaban J connectivity index is 2.23. The van der Waals surface area contributed by atoms with Gasteiger partial charge in [0.25, 0.3) is 0 Å². The van der Waals surface area contributed by atoms with Crippen molar-refractivity contribution in [3.05, 3.63) is 46.8 Å². The zero-order chi connectivity index (χ0) is 11.5. The molecular formula is C15H18S. The molecule has 0 radical (unpaired) electrons. The van der Waals surface area contributed by atoms with Gasteiger partial charge in [-0.25, -0.2) is 0 Å². The van der Waals surface area contributed by atoms with Crippen LogP contribution in [0.1, 0.15) is 25.0 Å². The molecule has 0 spiro atoms. The van der Waals surface area contributed by atoms with Crippen LogP contribution in [-0.4, -0.2) is 0 Å². The zero-order valence-corrected chi connectivity index (χ0v) is 11.0. The molecule has 0 N–H and O–H groups in total. The summed E-state index contributed by atoms with van der Waals surface area (Å²) in [7, 11) is 0. The van der Waals surface area contributed by atoms with E-state index in [9.17, 15) is 0 Å². The Kier molecular flexibility index (Phi) is 3.45. The Labute approximate surface area is 102 Å². The Bertz CT molecular complexity index is 449. The average Bonchev–Trinajstić information content (AvgIpc) is 2.65. The summed E-state index contributed by atoms with van der Waals surface area (Å²) in [6.45, 7) is 6.70. The van der Waals surface area contributed by atoms with Crippen molar-refractivity contribution in [2.75, 3.05) is 0 Å². The molecule has 2 aromatic rings. The highest BCUT2D eigenvalue weighted by molar-refractivity contribution is 7.13. The second-order valence-electron chi connectivity index (χ2n) is 4.73.